The molecule has 1 atom stereocenters. The first-order valence-electron chi connectivity index (χ1n) is 4.86. The molecule has 0 heterocycles. The van der Waals surface area contributed by atoms with Gasteiger partial charge in [0.2, 0.25) is 10.0 Å². The van der Waals surface area contributed by atoms with E-state index in [1.807, 2.05) is 6.92 Å². The summed E-state index contributed by atoms with van der Waals surface area (Å²) in [5.41, 5.74) is 0. The fourth-order valence-electron chi connectivity index (χ4n) is 1.20. The van der Waals surface area contributed by atoms with Gasteiger partial charge < -0.3 is 0 Å². The van der Waals surface area contributed by atoms with Crippen molar-refractivity contribution in [2.45, 2.75) is 31.9 Å². The Kier molecular flexibility index (Phi) is 6.00. The van der Waals surface area contributed by atoms with Gasteiger partial charge in [0, 0.05) is 6.54 Å². The van der Waals surface area contributed by atoms with Crippen LogP contribution >= 0.6 is 0 Å². The van der Waals surface area contributed by atoms with Gasteiger partial charge in [-0.2, -0.15) is 9.57 Å². The molecule has 84 valence electrons. The Balaban J connectivity index is 4.96. The largest absolute Gasteiger partial charge is 0.231 e. The molecule has 0 aromatic carbocycles. The quantitative estimate of drug-likeness (QED) is 0.636. The summed E-state index contributed by atoms with van der Waals surface area (Å²) < 4.78 is 25.0. The molecule has 0 aromatic rings. The van der Waals surface area contributed by atoms with Gasteiger partial charge in [0.1, 0.15) is 0 Å². The molecule has 0 aliphatic heterocycles. The highest BCUT2D eigenvalue weighted by molar-refractivity contribution is 7.90. The van der Waals surface area contributed by atoms with Crippen LogP contribution in [0.1, 0.15) is 26.7 Å². The van der Waals surface area contributed by atoms with E-state index in [-0.39, 0.29) is 13.0 Å². The number of sulfonamides is 1. The maximum absolute atomic E-state index is 11.9. The smallest absolute Gasteiger partial charge is 0.211 e. The Labute approximate surface area is 91.9 Å². The lowest BCUT2D eigenvalue weighted by molar-refractivity contribution is 0.440. The van der Waals surface area contributed by atoms with Crippen LogP contribution in [0.4, 0.5) is 0 Å². The van der Waals surface area contributed by atoms with Crippen molar-refractivity contribution < 1.29 is 8.42 Å². The molecule has 0 aliphatic carbocycles. The Bertz CT molecular complexity index is 362. The second-order valence-corrected chi connectivity index (χ2v) is 5.22. The molecule has 0 aliphatic rings. The van der Waals surface area contributed by atoms with E-state index in [0.29, 0.717) is 13.0 Å². The van der Waals surface area contributed by atoms with E-state index in [1.165, 1.54) is 4.31 Å². The van der Waals surface area contributed by atoms with Crippen LogP contribution in [0.5, 0.6) is 0 Å². The summed E-state index contributed by atoms with van der Waals surface area (Å²) in [4.78, 5) is 0. The first kappa shape index (κ1) is 14.0. The van der Waals surface area contributed by atoms with Gasteiger partial charge in [0.05, 0.1) is 12.6 Å². The van der Waals surface area contributed by atoms with Crippen LogP contribution in [0.25, 0.3) is 0 Å². The van der Waals surface area contributed by atoms with Crippen molar-refractivity contribution in [1.29, 1.82) is 5.26 Å². The number of nitriles is 1. The number of rotatable bonds is 6. The topological polar surface area (TPSA) is 61.2 Å². The molecule has 15 heavy (non-hydrogen) atoms. The monoisotopic (exact) mass is 228 g/mol. The lowest BCUT2D eigenvalue weighted by Gasteiger charge is -2.21. The Morgan fingerprint density at radius 2 is 2.07 bits per heavy atom. The zero-order chi connectivity index (χ0) is 11.9. The molecule has 5 heteroatoms. The third-order valence-corrected chi connectivity index (χ3v) is 4.16. The van der Waals surface area contributed by atoms with Crippen LogP contribution in [0.2, 0.25) is 0 Å². The summed E-state index contributed by atoms with van der Waals surface area (Å²) in [7, 11) is -3.56. The number of nitrogens with zero attached hydrogens (tertiary/aromatic N) is 2. The van der Waals surface area contributed by atoms with Gasteiger partial charge in [-0.1, -0.05) is 19.8 Å². The number of terminal acetylenes is 1. The average Bonchev–Trinajstić information content (AvgIpc) is 2.19. The summed E-state index contributed by atoms with van der Waals surface area (Å²) in [6.45, 7) is 3.94. The SMILES string of the molecule is C#CCN(CCC)S(=O)(=O)C(C#N)CC. The third-order valence-electron chi connectivity index (χ3n) is 1.97. The van der Waals surface area contributed by atoms with Crippen molar-refractivity contribution in [2.75, 3.05) is 13.1 Å². The molecule has 0 fully saturated rings. The van der Waals surface area contributed by atoms with Crippen molar-refractivity contribution in [1.82, 2.24) is 4.31 Å². The first-order chi connectivity index (χ1) is 7.04. The van der Waals surface area contributed by atoms with Crippen molar-refractivity contribution in [2.24, 2.45) is 0 Å². The third kappa shape index (κ3) is 3.54. The molecular weight excluding hydrogens is 212 g/mol. The van der Waals surface area contributed by atoms with Crippen LogP contribution in [0.3, 0.4) is 0 Å². The Morgan fingerprint density at radius 1 is 1.47 bits per heavy atom. The van der Waals surface area contributed by atoms with Gasteiger partial charge in [-0.25, -0.2) is 8.42 Å². The predicted molar refractivity (Wildman–Crippen MR) is 59.3 cm³/mol. The molecular formula is C10H16N2O2S. The lowest BCUT2D eigenvalue weighted by Crippen LogP contribution is -2.38. The minimum absolute atomic E-state index is 0.0361. The van der Waals surface area contributed by atoms with Crippen molar-refractivity contribution in [3.05, 3.63) is 0 Å². The second kappa shape index (κ2) is 6.44. The summed E-state index contributed by atoms with van der Waals surface area (Å²) in [6.07, 6.45) is 6.07. The zero-order valence-corrected chi connectivity index (χ0v) is 9.92. The normalized spacial score (nSPS) is 13.1. The molecule has 0 amide bonds. The maximum Gasteiger partial charge on any atom is 0.231 e. The molecule has 0 rings (SSSR count). The van der Waals surface area contributed by atoms with E-state index in [4.69, 9.17) is 11.7 Å². The van der Waals surface area contributed by atoms with Gasteiger partial charge in [0.15, 0.2) is 5.25 Å². The van der Waals surface area contributed by atoms with E-state index in [2.05, 4.69) is 5.92 Å². The van der Waals surface area contributed by atoms with E-state index < -0.39 is 15.3 Å². The van der Waals surface area contributed by atoms with E-state index in [0.717, 1.165) is 0 Å². The summed E-state index contributed by atoms with van der Waals surface area (Å²) in [5, 5.41) is 7.75. The van der Waals surface area contributed by atoms with Gasteiger partial charge in [-0.3, -0.25) is 0 Å². The van der Waals surface area contributed by atoms with Crippen molar-refractivity contribution in [3.8, 4) is 18.4 Å². The highest BCUT2D eigenvalue weighted by atomic mass is 32.2. The molecule has 0 bridgehead atoms. The molecule has 4 nitrogen and oxygen atoms in total. The highest BCUT2D eigenvalue weighted by Gasteiger charge is 2.29. The molecule has 0 radical (unpaired) electrons. The molecule has 0 aromatic heterocycles. The van der Waals surface area contributed by atoms with Gasteiger partial charge in [-0.15, -0.1) is 6.42 Å². The van der Waals surface area contributed by atoms with Crippen molar-refractivity contribution in [3.63, 3.8) is 0 Å². The minimum atomic E-state index is -3.56. The minimum Gasteiger partial charge on any atom is -0.211 e. The zero-order valence-electron chi connectivity index (χ0n) is 9.10. The highest BCUT2D eigenvalue weighted by Crippen LogP contribution is 2.11. The Hall–Kier alpha value is -1.04. The summed E-state index contributed by atoms with van der Waals surface area (Å²) in [5.74, 6) is 2.30. The predicted octanol–water partition coefficient (Wildman–Crippen LogP) is 0.964. The molecule has 0 saturated heterocycles. The molecule has 1 unspecified atom stereocenters. The van der Waals surface area contributed by atoms with Crippen molar-refractivity contribution >= 4 is 10.0 Å². The lowest BCUT2D eigenvalue weighted by atomic mass is 10.4. The maximum atomic E-state index is 11.9. The number of hydrogen-bond acceptors (Lipinski definition) is 3. The molecule has 0 saturated carbocycles. The van der Waals surface area contributed by atoms with E-state index in [1.54, 1.807) is 13.0 Å². The van der Waals surface area contributed by atoms with Gasteiger partial charge in [-0.05, 0) is 12.8 Å². The summed E-state index contributed by atoms with van der Waals surface area (Å²) in [6, 6.07) is 1.79. The van der Waals surface area contributed by atoms with Gasteiger partial charge in [0.25, 0.3) is 0 Å². The second-order valence-electron chi connectivity index (χ2n) is 3.11. The summed E-state index contributed by atoms with van der Waals surface area (Å²) >= 11 is 0. The molecule has 0 spiro atoms. The van der Waals surface area contributed by atoms with E-state index in [9.17, 15) is 8.42 Å². The van der Waals surface area contributed by atoms with E-state index >= 15 is 0 Å². The Morgan fingerprint density at radius 3 is 2.40 bits per heavy atom. The van der Waals surface area contributed by atoms with Crippen LogP contribution < -0.4 is 0 Å². The number of hydrogen-bond donors (Lipinski definition) is 0. The fourth-order valence-corrected chi connectivity index (χ4v) is 2.80. The fraction of sp³-hybridized carbons (Fsp3) is 0.700. The van der Waals surface area contributed by atoms with Gasteiger partial charge >= 0.3 is 0 Å². The van der Waals surface area contributed by atoms with Crippen LogP contribution in [-0.2, 0) is 10.0 Å². The average molecular weight is 228 g/mol. The molecule has 0 N–H and O–H groups in total. The van der Waals surface area contributed by atoms with Crippen LogP contribution in [0, 0.1) is 23.7 Å². The van der Waals surface area contributed by atoms with Crippen LogP contribution in [0.15, 0.2) is 0 Å². The first-order valence-corrected chi connectivity index (χ1v) is 6.36. The standard InChI is InChI=1S/C10H16N2O2S/c1-4-7-12(8-5-2)15(13,14)10(6-3)9-11/h1,10H,5-8H2,2-3H3. The van der Waals surface area contributed by atoms with Crippen LogP contribution in [-0.4, -0.2) is 31.1 Å².